The number of hydrogen-bond donors (Lipinski definition) is 0. The highest BCUT2D eigenvalue weighted by atomic mass is 16.5. The van der Waals surface area contributed by atoms with Gasteiger partial charge in [0.1, 0.15) is 5.75 Å². The van der Waals surface area contributed by atoms with Crippen LogP contribution in [-0.4, -0.2) is 6.10 Å². The predicted molar refractivity (Wildman–Crippen MR) is 56.1 cm³/mol. The molecule has 0 bridgehead atoms. The Morgan fingerprint density at radius 2 is 2.00 bits per heavy atom. The monoisotopic (exact) mass is 179 g/mol. The average molecular weight is 179 g/mol. The van der Waals surface area contributed by atoms with Crippen molar-refractivity contribution in [2.75, 3.05) is 0 Å². The molecule has 0 spiro atoms. The first-order valence-corrected chi connectivity index (χ1v) is 4.88. The van der Waals surface area contributed by atoms with Gasteiger partial charge in [-0.25, -0.2) is 0 Å². The Morgan fingerprint density at radius 1 is 1.31 bits per heavy atom. The molecule has 1 nitrogen and oxygen atoms in total. The van der Waals surface area contributed by atoms with Crippen molar-refractivity contribution in [3.05, 3.63) is 30.3 Å². The molecule has 1 heteroatoms. The van der Waals surface area contributed by atoms with E-state index >= 15 is 0 Å². The standard InChI is InChI=1S/C12H18O/c1-3-8-11(4-2)13-12-9-6-5-7-10-12/h5-7,9-11H,3-4,8H2,1-2H3/t11-/m0/s1/i4D/t4-,11-. The molecule has 1 aromatic carbocycles. The number of ether oxygens (including phenoxy) is 1. The van der Waals surface area contributed by atoms with E-state index in [-0.39, 0.29) is 12.5 Å². The highest BCUT2D eigenvalue weighted by molar-refractivity contribution is 5.21. The summed E-state index contributed by atoms with van der Waals surface area (Å²) < 4.78 is 13.4. The zero-order valence-electron chi connectivity index (χ0n) is 9.36. The van der Waals surface area contributed by atoms with Crippen LogP contribution in [0.15, 0.2) is 30.3 Å². The lowest BCUT2D eigenvalue weighted by Gasteiger charge is -2.16. The van der Waals surface area contributed by atoms with E-state index in [1.165, 1.54) is 0 Å². The van der Waals surface area contributed by atoms with E-state index in [1.54, 1.807) is 0 Å². The number of benzene rings is 1. The van der Waals surface area contributed by atoms with Crippen LogP contribution in [0.4, 0.5) is 0 Å². The van der Waals surface area contributed by atoms with Crippen molar-refractivity contribution in [1.29, 1.82) is 0 Å². The molecule has 0 amide bonds. The van der Waals surface area contributed by atoms with Crippen molar-refractivity contribution in [2.24, 2.45) is 0 Å². The van der Waals surface area contributed by atoms with Gasteiger partial charge in [0.15, 0.2) is 0 Å². The molecule has 72 valence electrons. The van der Waals surface area contributed by atoms with Gasteiger partial charge in [0, 0.05) is 1.37 Å². The van der Waals surface area contributed by atoms with Crippen LogP contribution in [0, 0.1) is 0 Å². The first-order valence-electron chi connectivity index (χ1n) is 5.45. The maximum absolute atomic E-state index is 7.66. The van der Waals surface area contributed by atoms with E-state index in [0.29, 0.717) is 0 Å². The van der Waals surface area contributed by atoms with Crippen molar-refractivity contribution in [3.8, 4) is 5.75 Å². The molecule has 0 N–H and O–H groups in total. The van der Waals surface area contributed by atoms with Crippen molar-refractivity contribution < 1.29 is 6.11 Å². The van der Waals surface area contributed by atoms with E-state index in [2.05, 4.69) is 6.92 Å². The summed E-state index contributed by atoms with van der Waals surface area (Å²) >= 11 is 0. The second-order valence-electron chi connectivity index (χ2n) is 3.09. The highest BCUT2D eigenvalue weighted by Gasteiger charge is 2.05. The second kappa shape index (κ2) is 5.63. The summed E-state index contributed by atoms with van der Waals surface area (Å²) in [6.45, 7) is 3.99. The van der Waals surface area contributed by atoms with Gasteiger partial charge in [-0.2, -0.15) is 0 Å². The lowest BCUT2D eigenvalue weighted by Crippen LogP contribution is -2.14. The van der Waals surface area contributed by atoms with E-state index in [4.69, 9.17) is 6.11 Å². The molecule has 0 saturated carbocycles. The quantitative estimate of drug-likeness (QED) is 0.670. The summed E-state index contributed by atoms with van der Waals surface area (Å²) in [4.78, 5) is 0. The summed E-state index contributed by atoms with van der Waals surface area (Å²) in [5.74, 6) is 0.866. The van der Waals surface area contributed by atoms with Gasteiger partial charge in [-0.15, -0.1) is 0 Å². The SMILES string of the molecule is [2H][C@@H](C)[C@@H](CCC)Oc1ccccc1. The fraction of sp³-hybridized carbons (Fsp3) is 0.500. The molecule has 2 atom stereocenters. The zero-order valence-corrected chi connectivity index (χ0v) is 8.36. The van der Waals surface area contributed by atoms with Crippen LogP contribution in [0.2, 0.25) is 0 Å². The topological polar surface area (TPSA) is 9.23 Å². The Balaban J connectivity index is 2.55. The molecule has 0 heterocycles. The fourth-order valence-corrected chi connectivity index (χ4v) is 1.25. The Labute approximate surface area is 82.1 Å². The lowest BCUT2D eigenvalue weighted by molar-refractivity contribution is 0.186. The lowest BCUT2D eigenvalue weighted by atomic mass is 10.1. The Morgan fingerprint density at radius 3 is 2.54 bits per heavy atom. The summed E-state index contributed by atoms with van der Waals surface area (Å²) in [5, 5.41) is 0. The van der Waals surface area contributed by atoms with Gasteiger partial charge in [0.25, 0.3) is 0 Å². The Bertz CT molecular complexity index is 246. The molecule has 0 aliphatic rings. The molecule has 13 heavy (non-hydrogen) atoms. The van der Waals surface area contributed by atoms with Gasteiger partial charge >= 0.3 is 0 Å². The summed E-state index contributed by atoms with van der Waals surface area (Å²) in [6, 6.07) is 9.74. The van der Waals surface area contributed by atoms with Crippen LogP contribution < -0.4 is 4.74 Å². The molecule has 0 saturated heterocycles. The third kappa shape index (κ3) is 3.49. The Hall–Kier alpha value is -0.980. The van der Waals surface area contributed by atoms with Crippen molar-refractivity contribution >= 4 is 0 Å². The summed E-state index contributed by atoms with van der Waals surface area (Å²) in [7, 11) is 0. The molecule has 0 fully saturated rings. The fourth-order valence-electron chi connectivity index (χ4n) is 1.25. The van der Waals surface area contributed by atoms with Gasteiger partial charge in [-0.1, -0.05) is 38.5 Å². The second-order valence-corrected chi connectivity index (χ2v) is 3.09. The molecule has 1 aromatic rings. The van der Waals surface area contributed by atoms with Gasteiger partial charge < -0.3 is 4.74 Å². The largest absolute Gasteiger partial charge is 0.490 e. The molecule has 0 radical (unpaired) electrons. The molecular weight excluding hydrogens is 160 g/mol. The van der Waals surface area contributed by atoms with Crippen molar-refractivity contribution in [1.82, 2.24) is 0 Å². The maximum atomic E-state index is 7.66. The number of para-hydroxylation sites is 1. The summed E-state index contributed by atoms with van der Waals surface area (Å²) in [6.07, 6.45) is 1.85. The summed E-state index contributed by atoms with van der Waals surface area (Å²) in [5.41, 5.74) is 0. The first-order chi connectivity index (χ1) is 6.74. The van der Waals surface area contributed by atoms with Gasteiger partial charge in [-0.3, -0.25) is 0 Å². The molecular formula is C12H18O. The van der Waals surface area contributed by atoms with Crippen molar-refractivity contribution in [2.45, 2.75) is 39.2 Å². The predicted octanol–water partition coefficient (Wildman–Crippen LogP) is 3.64. The number of rotatable bonds is 5. The van der Waals surface area contributed by atoms with Gasteiger partial charge in [-0.05, 0) is 25.0 Å². The highest BCUT2D eigenvalue weighted by Crippen LogP contribution is 2.14. The van der Waals surface area contributed by atoms with Crippen LogP contribution in [0.25, 0.3) is 0 Å². The third-order valence-corrected chi connectivity index (χ3v) is 1.98. The van der Waals surface area contributed by atoms with Crippen LogP contribution >= 0.6 is 0 Å². The normalized spacial score (nSPS) is 16.0. The zero-order chi connectivity index (χ0) is 10.4. The van der Waals surface area contributed by atoms with E-state index in [0.717, 1.165) is 18.6 Å². The Kier molecular flexibility index (Phi) is 3.73. The van der Waals surface area contributed by atoms with E-state index in [9.17, 15) is 0 Å². The molecule has 0 aromatic heterocycles. The van der Waals surface area contributed by atoms with Crippen LogP contribution in [0.3, 0.4) is 0 Å². The van der Waals surface area contributed by atoms with Crippen LogP contribution in [-0.2, 0) is 0 Å². The van der Waals surface area contributed by atoms with E-state index < -0.39 is 0 Å². The molecule has 0 aliphatic carbocycles. The molecule has 0 unspecified atom stereocenters. The molecule has 1 rings (SSSR count). The van der Waals surface area contributed by atoms with Crippen LogP contribution in [0.5, 0.6) is 5.75 Å². The van der Waals surface area contributed by atoms with Crippen molar-refractivity contribution in [3.63, 3.8) is 0 Å². The maximum Gasteiger partial charge on any atom is 0.119 e. The first kappa shape index (κ1) is 8.61. The number of hydrogen-bond acceptors (Lipinski definition) is 1. The average Bonchev–Trinajstić information content (AvgIpc) is 2.18. The van der Waals surface area contributed by atoms with Crippen LogP contribution in [0.1, 0.15) is 34.5 Å². The van der Waals surface area contributed by atoms with Gasteiger partial charge in [0.05, 0.1) is 6.10 Å². The van der Waals surface area contributed by atoms with E-state index in [1.807, 2.05) is 37.3 Å². The third-order valence-electron chi connectivity index (χ3n) is 1.98. The minimum Gasteiger partial charge on any atom is -0.490 e. The van der Waals surface area contributed by atoms with Gasteiger partial charge in [0.2, 0.25) is 0 Å². The smallest absolute Gasteiger partial charge is 0.119 e. The molecule has 0 aliphatic heterocycles. The minimum atomic E-state index is -0.171. The minimum absolute atomic E-state index is 0.0161.